The number of Topliss-reactive ketones (excluding diaryl/α,β-unsaturated/α-hetero) is 4. The molecule has 103 heavy (non-hydrogen) atoms. The predicted molar refractivity (Wildman–Crippen MR) is 384 cm³/mol. The minimum Gasteiger partial charge on any atom is -0.457 e. The van der Waals surface area contributed by atoms with Crippen LogP contribution in [0.5, 0.6) is 0 Å². The van der Waals surface area contributed by atoms with E-state index in [9.17, 15) is 99.2 Å². The Balaban J connectivity index is -0.00000114. The fourth-order valence-corrected chi connectivity index (χ4v) is 8.53. The van der Waals surface area contributed by atoms with E-state index in [0.29, 0.717) is 16.2 Å². The molecule has 0 fully saturated rings. The Morgan fingerprint density at radius 1 is 0.447 bits per heavy atom. The summed E-state index contributed by atoms with van der Waals surface area (Å²) < 4.78 is 12.6. The Hall–Kier alpha value is -9.12. The van der Waals surface area contributed by atoms with Crippen molar-refractivity contribution in [2.24, 2.45) is 16.3 Å². The minimum atomic E-state index is -0.805. The van der Waals surface area contributed by atoms with Gasteiger partial charge in [-0.25, -0.2) is 14.4 Å². The zero-order valence-electron chi connectivity index (χ0n) is 50.9. The molecule has 6 rings (SSSR count). The Morgan fingerprint density at radius 2 is 0.718 bits per heavy atom. The van der Waals surface area contributed by atoms with Crippen LogP contribution in [-0.4, -0.2) is 123 Å². The van der Waals surface area contributed by atoms with Crippen molar-refractivity contribution in [2.75, 3.05) is 47.5 Å². The van der Waals surface area contributed by atoms with Crippen molar-refractivity contribution in [3.8, 4) is 0 Å². The number of hydrogen-bond acceptors (Lipinski definition) is 27. The minimum absolute atomic E-state index is 0. The standard InChI is InChI=1S/C11H10Cl2N2O4.C10H8Cl2N2O5.C8H4Cl2N2O4.C8H6Cl2N2O3.C8H5Cl2NO3.C6H3Cl2NO2.C2H3ClO2.CH4.HNO2/c1-6(5-14-11(16)19-2)8-3-7(15(17)18)4-9(12)10(8)13;1-19-10(16)13-4-8(15)6-2-5(14(17)18)3-7(11)9(6)12;9-6-2-4(12(15)16)1-5(8(6)10)7(13)3-11-14;9-6-2-4(12(14)15)1-5(8(6)10)7(13)3-11;1-4(12)6-2-5(11(13)14)3-7(9)8(6)10;7-5-2-1-4(9(10)11)3-6(5)8;1-5-2(3)4;;2-1-3/h3-4H,1,5H2,2H3,(H,14,16);2-3H,4H2,1H3,(H,13,16);1-2H,3H2;1-2H,3,11H2;2-3H,1H3;1-3H;1H3;1H4;(H,2,3). The van der Waals surface area contributed by atoms with Gasteiger partial charge < -0.3 is 35.8 Å². The van der Waals surface area contributed by atoms with Crippen molar-refractivity contribution in [2.45, 2.75) is 14.4 Å². The Morgan fingerprint density at radius 3 is 1.00 bits per heavy atom. The fraction of sp³-hybridized carbons (Fsp3) is 0.167. The number of ether oxygens (including phenoxy) is 3. The van der Waals surface area contributed by atoms with Crippen molar-refractivity contribution < 1.29 is 82.5 Å². The number of nitro benzene ring substituents is 6. The highest BCUT2D eigenvalue weighted by atomic mass is 35.5. The van der Waals surface area contributed by atoms with Crippen LogP contribution in [-0.2, 0) is 14.2 Å². The smallest absolute Gasteiger partial charge is 0.407 e. The van der Waals surface area contributed by atoms with Crippen molar-refractivity contribution in [1.29, 1.82) is 0 Å². The number of nitro groups is 6. The summed E-state index contributed by atoms with van der Waals surface area (Å²) in [6.45, 7) is 3.66. The number of nitrogens with one attached hydrogen (secondary N) is 2. The Bertz CT molecular complexity index is 4120. The van der Waals surface area contributed by atoms with Crippen LogP contribution < -0.4 is 16.4 Å². The van der Waals surface area contributed by atoms with Gasteiger partial charge >= 0.3 is 17.6 Å². The van der Waals surface area contributed by atoms with Crippen molar-refractivity contribution in [3.05, 3.63) is 244 Å². The molecule has 556 valence electrons. The second-order valence-electron chi connectivity index (χ2n) is 17.2. The number of nitroso groups, excluding NO2 is 1. The molecule has 0 atom stereocenters. The molecule has 0 spiro atoms. The van der Waals surface area contributed by atoms with E-state index in [1.165, 1.54) is 50.7 Å². The molecular formula is C54H44Cl13N11O25. The van der Waals surface area contributed by atoms with E-state index in [2.05, 4.69) is 48.2 Å². The van der Waals surface area contributed by atoms with Crippen LogP contribution in [0.25, 0.3) is 5.57 Å². The summed E-state index contributed by atoms with van der Waals surface area (Å²) in [7, 11) is 3.57. The molecule has 0 aliphatic heterocycles. The third-order valence-corrected chi connectivity index (χ3v) is 15.6. The van der Waals surface area contributed by atoms with Crippen LogP contribution in [0.3, 0.4) is 0 Å². The van der Waals surface area contributed by atoms with Gasteiger partial charge in [0.25, 0.3) is 34.1 Å². The first kappa shape index (κ1) is 98.1. The zero-order valence-corrected chi connectivity index (χ0v) is 60.7. The van der Waals surface area contributed by atoms with E-state index in [1.54, 1.807) is 0 Å². The summed E-state index contributed by atoms with van der Waals surface area (Å²) in [6.07, 6.45) is -1.45. The van der Waals surface area contributed by atoms with Crippen molar-refractivity contribution >= 4 is 231 Å². The van der Waals surface area contributed by atoms with E-state index in [4.69, 9.17) is 155 Å². The highest BCUT2D eigenvalue weighted by Crippen LogP contribution is 2.37. The molecule has 0 heterocycles. The van der Waals surface area contributed by atoms with Crippen LogP contribution in [0.1, 0.15) is 61.3 Å². The van der Waals surface area contributed by atoms with Gasteiger partial charge in [0.05, 0.1) is 124 Å². The first-order chi connectivity index (χ1) is 47.4. The van der Waals surface area contributed by atoms with Crippen LogP contribution in [0.15, 0.2) is 96.0 Å². The zero-order chi connectivity index (χ0) is 79.3. The van der Waals surface area contributed by atoms with Crippen molar-refractivity contribution in [1.82, 2.24) is 10.6 Å². The quantitative estimate of drug-likeness (QED) is 0.0155. The lowest BCUT2D eigenvalue weighted by Crippen LogP contribution is -2.29. The highest BCUT2D eigenvalue weighted by Gasteiger charge is 2.24. The first-order valence-electron chi connectivity index (χ1n) is 25.3. The number of carbonyl (C=O) groups excluding carboxylic acids is 7. The molecule has 0 aromatic heterocycles. The Kier molecular flexibility index (Phi) is 47.1. The molecule has 2 amide bonds. The lowest BCUT2D eigenvalue weighted by Gasteiger charge is -2.10. The molecule has 0 saturated heterocycles. The number of carbonyl (C=O) groups is 7. The number of alkyl carbamates (subject to hydrolysis) is 2. The maximum atomic E-state index is 11.8. The average Bonchev–Trinajstić information content (AvgIpc) is 0.842. The summed E-state index contributed by atoms with van der Waals surface area (Å²) in [5.74, 6) is -2.20. The first-order valence-corrected chi connectivity index (χ1v) is 30.2. The molecular weight excluding hydrogens is 1660 g/mol. The number of nitrogens with zero attached hydrogens (tertiary/aromatic N) is 8. The number of benzene rings is 6. The summed E-state index contributed by atoms with van der Waals surface area (Å²) >= 11 is 72.9. The fourth-order valence-electron chi connectivity index (χ4n) is 6.04. The number of amides is 2. The largest absolute Gasteiger partial charge is 0.457 e. The summed E-state index contributed by atoms with van der Waals surface area (Å²) in [5.41, 5.74) is 3.21. The van der Waals surface area contributed by atoms with Crippen LogP contribution >= 0.6 is 151 Å². The summed E-state index contributed by atoms with van der Waals surface area (Å²) in [5, 5.41) is 78.0. The molecule has 0 aliphatic carbocycles. The van der Waals surface area contributed by atoms with E-state index in [1.807, 2.05) is 0 Å². The maximum Gasteiger partial charge on any atom is 0.407 e. The maximum absolute atomic E-state index is 11.8. The molecule has 0 saturated carbocycles. The number of hydrogen-bond donors (Lipinski definition) is 4. The number of halogens is 13. The Labute approximate surface area is 642 Å². The number of rotatable bonds is 18. The van der Waals surface area contributed by atoms with Crippen LogP contribution in [0, 0.1) is 70.5 Å². The highest BCUT2D eigenvalue weighted by molar-refractivity contribution is 6.61. The lowest BCUT2D eigenvalue weighted by molar-refractivity contribution is -0.385. The lowest BCUT2D eigenvalue weighted by atomic mass is 10.1. The predicted octanol–water partition coefficient (Wildman–Crippen LogP) is 18.4. The number of non-ortho nitro benzene ring substituents is 6. The van der Waals surface area contributed by atoms with Gasteiger partial charge in [-0.05, 0) is 18.6 Å². The SMILES string of the molecule is C.C=C(CNC(=O)OC)c1cc([N+](=O)[O-])cc(Cl)c1Cl.CC(=O)c1cc([N+](=O)[O-])cc(Cl)c1Cl.COC(=O)Cl.COC(=O)NCC(=O)c1cc([N+](=O)[O-])cc(Cl)c1Cl.NCC(=O)c1cc([N+](=O)[O-])cc(Cl)c1Cl.O=NCC(=O)c1cc([N+](=O)[O-])cc(Cl)c1Cl.O=NO.O=[N+]([O-])c1ccc(Cl)c(Cl)c1. The number of nitrogens with two attached hydrogens (primary N) is 1. The molecule has 6 aromatic carbocycles. The summed E-state index contributed by atoms with van der Waals surface area (Å²) in [4.78, 5) is 154. The molecule has 0 bridgehead atoms. The molecule has 0 aliphatic rings. The van der Waals surface area contributed by atoms with Gasteiger partial charge in [-0.3, -0.25) is 79.9 Å². The molecule has 6 aromatic rings. The second kappa shape index (κ2) is 49.5. The van der Waals surface area contributed by atoms with E-state index in [0.717, 1.165) is 61.7 Å². The number of ketones is 4. The van der Waals surface area contributed by atoms with Gasteiger partial charge in [0.15, 0.2) is 28.5 Å². The van der Waals surface area contributed by atoms with E-state index in [-0.39, 0.29) is 138 Å². The van der Waals surface area contributed by atoms with Gasteiger partial charge in [-0.2, -0.15) is 4.91 Å². The molecule has 0 radical (unpaired) electrons. The van der Waals surface area contributed by atoms with Crippen LogP contribution in [0.4, 0.5) is 48.5 Å². The average molecular weight is 1710 g/mol. The van der Waals surface area contributed by atoms with Gasteiger partial charge in [-0.15, -0.1) is 4.91 Å². The van der Waals surface area contributed by atoms with E-state index >= 15 is 0 Å². The molecule has 49 heteroatoms. The van der Waals surface area contributed by atoms with Crippen molar-refractivity contribution in [3.63, 3.8) is 0 Å². The third-order valence-electron chi connectivity index (χ3n) is 10.7. The molecule has 0 unspecified atom stereocenters. The van der Waals surface area contributed by atoms with Gasteiger partial charge in [-0.1, -0.05) is 158 Å². The number of methoxy groups -OCH3 is 3. The molecule has 36 nitrogen and oxygen atoms in total. The third kappa shape index (κ3) is 34.6. The van der Waals surface area contributed by atoms with Gasteiger partial charge in [0.1, 0.15) is 6.54 Å². The van der Waals surface area contributed by atoms with Crippen LogP contribution in [0.2, 0.25) is 60.3 Å². The summed E-state index contributed by atoms with van der Waals surface area (Å²) in [6, 6.07) is 14.7. The topological polar surface area (TPSA) is 535 Å². The molecule has 5 N–H and O–H groups in total. The van der Waals surface area contributed by atoms with E-state index < -0.39 is 77.6 Å². The normalized spacial score (nSPS) is 9.46. The second-order valence-corrected chi connectivity index (χ2v) is 22.3. The monoisotopic (exact) mass is 1700 g/mol. The van der Waals surface area contributed by atoms with Gasteiger partial charge in [0.2, 0.25) is 0 Å². The van der Waals surface area contributed by atoms with Gasteiger partial charge in [0, 0.05) is 119 Å².